The first kappa shape index (κ1) is 10.5. The van der Waals surface area contributed by atoms with Crippen molar-refractivity contribution in [3.05, 3.63) is 53.4 Å². The Kier molecular flexibility index (Phi) is 3.23. The second-order valence-corrected chi connectivity index (χ2v) is 4.32. The van der Waals surface area contributed by atoms with Gasteiger partial charge in [-0.05, 0) is 36.4 Å². The van der Waals surface area contributed by atoms with Gasteiger partial charge in [0, 0.05) is 11.1 Å². The molecule has 0 saturated heterocycles. The Hall–Kier alpha value is -1.06. The third kappa shape index (κ3) is 2.70. The Balaban J connectivity index is 2.22. The zero-order valence-corrected chi connectivity index (χ0v) is 9.23. The summed E-state index contributed by atoms with van der Waals surface area (Å²) in [6, 6.07) is 9.78. The molecule has 0 atom stereocenters. The van der Waals surface area contributed by atoms with Crippen LogP contribution in [0, 0.1) is 5.82 Å². The molecule has 0 N–H and O–H groups in total. The van der Waals surface area contributed by atoms with Gasteiger partial charge in [-0.2, -0.15) is 0 Å². The monoisotopic (exact) mass is 239 g/mol. The highest BCUT2D eigenvalue weighted by Gasteiger charge is 2.03. The fourth-order valence-electron chi connectivity index (χ4n) is 1.06. The first-order valence-electron chi connectivity index (χ1n) is 4.29. The second-order valence-electron chi connectivity index (χ2n) is 2.85. The van der Waals surface area contributed by atoms with Gasteiger partial charge in [-0.1, -0.05) is 23.4 Å². The van der Waals surface area contributed by atoms with Crippen LogP contribution in [0.1, 0.15) is 0 Å². The Morgan fingerprint density at radius 1 is 1.13 bits per heavy atom. The van der Waals surface area contributed by atoms with Crippen molar-refractivity contribution in [1.29, 1.82) is 0 Å². The van der Waals surface area contributed by atoms with Gasteiger partial charge in [-0.15, -0.1) is 0 Å². The van der Waals surface area contributed by atoms with Gasteiger partial charge in [0.05, 0.1) is 5.02 Å². The third-order valence-corrected chi connectivity index (χ3v) is 3.20. The van der Waals surface area contributed by atoms with Crippen LogP contribution in [-0.4, -0.2) is 4.98 Å². The Morgan fingerprint density at radius 3 is 2.53 bits per heavy atom. The molecule has 4 heteroatoms. The van der Waals surface area contributed by atoms with Crippen LogP contribution in [0.3, 0.4) is 0 Å². The summed E-state index contributed by atoms with van der Waals surface area (Å²) in [6.45, 7) is 0. The van der Waals surface area contributed by atoms with Gasteiger partial charge in [-0.3, -0.25) is 0 Å². The molecule has 0 amide bonds. The van der Waals surface area contributed by atoms with Gasteiger partial charge < -0.3 is 0 Å². The molecule has 0 aliphatic rings. The smallest absolute Gasteiger partial charge is 0.123 e. The maximum atomic E-state index is 12.7. The van der Waals surface area contributed by atoms with Crippen LogP contribution in [0.4, 0.5) is 4.39 Å². The van der Waals surface area contributed by atoms with E-state index in [4.69, 9.17) is 11.6 Å². The second kappa shape index (κ2) is 4.64. The van der Waals surface area contributed by atoms with Crippen LogP contribution < -0.4 is 0 Å². The largest absolute Gasteiger partial charge is 0.248 e. The third-order valence-electron chi connectivity index (χ3n) is 1.75. The molecule has 0 radical (unpaired) electrons. The number of nitrogens with zero attached hydrogens (tertiary/aromatic N) is 1. The van der Waals surface area contributed by atoms with Crippen LogP contribution >= 0.6 is 23.4 Å². The molecule has 1 nitrogen and oxygen atoms in total. The molecule has 0 fully saturated rings. The number of hydrogen-bond donors (Lipinski definition) is 0. The predicted octanol–water partition coefficient (Wildman–Crippen LogP) is 4.03. The van der Waals surface area contributed by atoms with Gasteiger partial charge in [0.2, 0.25) is 0 Å². The van der Waals surface area contributed by atoms with E-state index in [1.807, 2.05) is 0 Å². The van der Waals surface area contributed by atoms with E-state index in [9.17, 15) is 4.39 Å². The van der Waals surface area contributed by atoms with Gasteiger partial charge >= 0.3 is 0 Å². The van der Waals surface area contributed by atoms with Crippen LogP contribution in [0.5, 0.6) is 0 Å². The summed E-state index contributed by atoms with van der Waals surface area (Å²) in [5.74, 6) is -0.244. The molecule has 0 saturated carbocycles. The zero-order valence-electron chi connectivity index (χ0n) is 7.65. The van der Waals surface area contributed by atoms with E-state index in [2.05, 4.69) is 4.98 Å². The van der Waals surface area contributed by atoms with E-state index in [0.29, 0.717) is 5.02 Å². The zero-order chi connectivity index (χ0) is 10.7. The molecule has 1 aromatic carbocycles. The highest BCUT2D eigenvalue weighted by atomic mass is 35.5. The Labute approximate surface area is 96.3 Å². The first-order valence-corrected chi connectivity index (χ1v) is 5.49. The molecule has 0 aliphatic carbocycles. The summed E-state index contributed by atoms with van der Waals surface area (Å²) in [4.78, 5) is 5.05. The van der Waals surface area contributed by atoms with Crippen molar-refractivity contribution in [3.63, 3.8) is 0 Å². The van der Waals surface area contributed by atoms with Crippen LogP contribution in [0.2, 0.25) is 5.02 Å². The van der Waals surface area contributed by atoms with E-state index in [1.54, 1.807) is 30.5 Å². The molecule has 2 aromatic rings. The molecule has 0 bridgehead atoms. The molecule has 15 heavy (non-hydrogen) atoms. The molecule has 0 unspecified atom stereocenters. The molecule has 2 rings (SSSR count). The number of hydrogen-bond acceptors (Lipinski definition) is 2. The molecule has 0 aliphatic heterocycles. The van der Waals surface area contributed by atoms with Crippen molar-refractivity contribution >= 4 is 23.4 Å². The number of aromatic nitrogens is 1. The lowest BCUT2D eigenvalue weighted by Gasteiger charge is -2.01. The highest BCUT2D eigenvalue weighted by molar-refractivity contribution is 7.99. The fourth-order valence-corrected chi connectivity index (χ4v) is 2.07. The number of pyridine rings is 1. The molecule has 1 heterocycles. The predicted molar refractivity (Wildman–Crippen MR) is 59.8 cm³/mol. The van der Waals surface area contributed by atoms with Gasteiger partial charge in [0.25, 0.3) is 0 Å². The van der Waals surface area contributed by atoms with Crippen LogP contribution in [0.25, 0.3) is 0 Å². The van der Waals surface area contributed by atoms with Crippen molar-refractivity contribution in [2.45, 2.75) is 9.92 Å². The lowest BCUT2D eigenvalue weighted by Crippen LogP contribution is -1.80. The SMILES string of the molecule is Fc1ccc(Sc2ncccc2Cl)cc1. The van der Waals surface area contributed by atoms with E-state index < -0.39 is 0 Å². The maximum Gasteiger partial charge on any atom is 0.123 e. The molecule has 1 aromatic heterocycles. The maximum absolute atomic E-state index is 12.7. The molecular formula is C11H7ClFNS. The number of halogens is 2. The van der Waals surface area contributed by atoms with Crippen molar-refractivity contribution in [2.24, 2.45) is 0 Å². The van der Waals surface area contributed by atoms with E-state index in [-0.39, 0.29) is 5.82 Å². The van der Waals surface area contributed by atoms with Crippen LogP contribution in [0.15, 0.2) is 52.5 Å². The lowest BCUT2D eigenvalue weighted by molar-refractivity contribution is 0.626. The quantitative estimate of drug-likeness (QED) is 0.785. The summed E-state index contributed by atoms with van der Waals surface area (Å²) in [6.07, 6.45) is 1.68. The summed E-state index contributed by atoms with van der Waals surface area (Å²) in [7, 11) is 0. The van der Waals surface area contributed by atoms with Crippen LogP contribution in [-0.2, 0) is 0 Å². The van der Waals surface area contributed by atoms with Gasteiger partial charge in [-0.25, -0.2) is 9.37 Å². The molecule has 0 spiro atoms. The minimum Gasteiger partial charge on any atom is -0.248 e. The summed E-state index contributed by atoms with van der Waals surface area (Å²) >= 11 is 7.36. The van der Waals surface area contributed by atoms with Crippen molar-refractivity contribution in [3.8, 4) is 0 Å². The average Bonchev–Trinajstić information content (AvgIpc) is 2.25. The first-order chi connectivity index (χ1) is 7.25. The highest BCUT2D eigenvalue weighted by Crippen LogP contribution is 2.30. The Morgan fingerprint density at radius 2 is 1.87 bits per heavy atom. The molecular weight excluding hydrogens is 233 g/mol. The van der Waals surface area contributed by atoms with E-state index in [0.717, 1.165) is 9.92 Å². The van der Waals surface area contributed by atoms with Gasteiger partial charge in [0.1, 0.15) is 10.8 Å². The summed E-state index contributed by atoms with van der Waals surface area (Å²) in [5.41, 5.74) is 0. The topological polar surface area (TPSA) is 12.9 Å². The van der Waals surface area contributed by atoms with E-state index in [1.165, 1.54) is 23.9 Å². The minimum absolute atomic E-state index is 0.244. The van der Waals surface area contributed by atoms with Gasteiger partial charge in [0.15, 0.2) is 0 Å². The lowest BCUT2D eigenvalue weighted by atomic mass is 10.4. The summed E-state index contributed by atoms with van der Waals surface area (Å²) in [5, 5.41) is 1.33. The Bertz CT molecular complexity index is 458. The fraction of sp³-hybridized carbons (Fsp3) is 0. The summed E-state index contributed by atoms with van der Waals surface area (Å²) < 4.78 is 12.7. The number of rotatable bonds is 2. The number of benzene rings is 1. The van der Waals surface area contributed by atoms with E-state index >= 15 is 0 Å². The van der Waals surface area contributed by atoms with Crippen molar-refractivity contribution < 1.29 is 4.39 Å². The standard InChI is InChI=1S/C11H7ClFNS/c12-10-2-1-7-14-11(10)15-9-5-3-8(13)4-6-9/h1-7H. The average molecular weight is 240 g/mol. The normalized spacial score (nSPS) is 10.3. The van der Waals surface area contributed by atoms with Crippen molar-refractivity contribution in [1.82, 2.24) is 4.98 Å². The minimum atomic E-state index is -0.244. The van der Waals surface area contributed by atoms with Crippen molar-refractivity contribution in [2.75, 3.05) is 0 Å². The molecule has 76 valence electrons.